The Morgan fingerprint density at radius 3 is 2.30 bits per heavy atom. The van der Waals surface area contributed by atoms with Crippen LogP contribution >= 0.6 is 0 Å². The molecule has 6 nitrogen and oxygen atoms in total. The van der Waals surface area contributed by atoms with Crippen LogP contribution in [0.15, 0.2) is 41.3 Å². The molecule has 0 aliphatic carbocycles. The van der Waals surface area contributed by atoms with Crippen molar-refractivity contribution in [1.29, 1.82) is 0 Å². The first-order chi connectivity index (χ1) is 12.7. The molecule has 0 fully saturated rings. The number of amides is 1. The number of carbonyl (C=O) groups excluding carboxylic acids is 1. The standard InChI is InChI=1S/C20H26N2O4S/c1-6-18(15-7-9-17(26-5)10-8-15)22-20(23)16-11-13(2)14(3)19(12-16)27(24,25)21-4/h7-12,18,21H,6H2,1-5H3,(H,22,23). The number of nitrogens with one attached hydrogen (secondary N) is 2. The van der Waals surface area contributed by atoms with Gasteiger partial charge in [-0.2, -0.15) is 0 Å². The van der Waals surface area contributed by atoms with Gasteiger partial charge in [-0.3, -0.25) is 4.79 Å². The first kappa shape index (κ1) is 20.9. The van der Waals surface area contributed by atoms with Crippen molar-refractivity contribution >= 4 is 15.9 Å². The summed E-state index contributed by atoms with van der Waals surface area (Å²) in [6.07, 6.45) is 0.699. The fourth-order valence-electron chi connectivity index (χ4n) is 2.85. The highest BCUT2D eigenvalue weighted by Crippen LogP contribution is 2.23. The molecule has 0 spiro atoms. The zero-order chi connectivity index (χ0) is 20.2. The van der Waals surface area contributed by atoms with Crippen molar-refractivity contribution in [2.24, 2.45) is 0 Å². The van der Waals surface area contributed by atoms with Crippen LogP contribution in [0, 0.1) is 13.8 Å². The molecule has 0 heterocycles. The second-order valence-corrected chi connectivity index (χ2v) is 8.19. The third-order valence-corrected chi connectivity index (χ3v) is 6.21. The molecular formula is C20H26N2O4S. The van der Waals surface area contributed by atoms with Crippen molar-refractivity contribution in [3.63, 3.8) is 0 Å². The van der Waals surface area contributed by atoms with Gasteiger partial charge < -0.3 is 10.1 Å². The van der Waals surface area contributed by atoms with E-state index in [-0.39, 0.29) is 16.8 Å². The number of sulfonamides is 1. The van der Waals surface area contributed by atoms with Crippen LogP contribution in [0.4, 0.5) is 0 Å². The first-order valence-electron chi connectivity index (χ1n) is 8.73. The summed E-state index contributed by atoms with van der Waals surface area (Å²) in [5, 5.41) is 2.99. The number of carbonyl (C=O) groups is 1. The quantitative estimate of drug-likeness (QED) is 0.761. The van der Waals surface area contributed by atoms with Crippen molar-refractivity contribution in [3.05, 3.63) is 58.7 Å². The molecule has 1 atom stereocenters. The second kappa shape index (κ2) is 8.54. The summed E-state index contributed by atoms with van der Waals surface area (Å²) < 4.78 is 32.0. The zero-order valence-electron chi connectivity index (χ0n) is 16.3. The van der Waals surface area contributed by atoms with Gasteiger partial charge in [-0.25, -0.2) is 13.1 Å². The minimum Gasteiger partial charge on any atom is -0.497 e. The van der Waals surface area contributed by atoms with Crippen LogP contribution in [-0.2, 0) is 10.0 Å². The molecule has 0 aliphatic rings. The summed E-state index contributed by atoms with van der Waals surface area (Å²) in [5.74, 6) is 0.435. The molecule has 0 bridgehead atoms. The molecule has 2 rings (SSSR count). The minimum atomic E-state index is -3.65. The lowest BCUT2D eigenvalue weighted by Gasteiger charge is -2.19. The Labute approximate surface area is 161 Å². The van der Waals surface area contributed by atoms with Gasteiger partial charge in [-0.1, -0.05) is 19.1 Å². The Morgan fingerprint density at radius 2 is 1.78 bits per heavy atom. The fourth-order valence-corrected chi connectivity index (χ4v) is 3.91. The first-order valence-corrected chi connectivity index (χ1v) is 10.2. The third-order valence-electron chi connectivity index (χ3n) is 4.67. The highest BCUT2D eigenvalue weighted by atomic mass is 32.2. The van der Waals surface area contributed by atoms with Crippen LogP contribution in [0.3, 0.4) is 0 Å². The fraction of sp³-hybridized carbons (Fsp3) is 0.350. The third kappa shape index (κ3) is 4.67. The maximum atomic E-state index is 12.8. The number of benzene rings is 2. The van der Waals surface area contributed by atoms with Gasteiger partial charge >= 0.3 is 0 Å². The molecule has 2 aromatic carbocycles. The van der Waals surface area contributed by atoms with Gasteiger partial charge in [-0.05, 0) is 68.3 Å². The van der Waals surface area contributed by atoms with Gasteiger partial charge in [0.2, 0.25) is 10.0 Å². The van der Waals surface area contributed by atoms with E-state index in [9.17, 15) is 13.2 Å². The summed E-state index contributed by atoms with van der Waals surface area (Å²) in [6.45, 7) is 5.50. The van der Waals surface area contributed by atoms with Crippen molar-refractivity contribution < 1.29 is 17.9 Å². The summed E-state index contributed by atoms with van der Waals surface area (Å²) in [5.41, 5.74) is 2.65. The molecule has 0 aliphatic heterocycles. The van der Waals surface area contributed by atoms with E-state index in [1.54, 1.807) is 27.0 Å². The van der Waals surface area contributed by atoms with E-state index in [0.29, 0.717) is 17.5 Å². The van der Waals surface area contributed by atoms with E-state index in [1.165, 1.54) is 13.1 Å². The molecule has 2 aromatic rings. The van der Waals surface area contributed by atoms with E-state index in [1.807, 2.05) is 31.2 Å². The van der Waals surface area contributed by atoms with Crippen molar-refractivity contribution in [2.75, 3.05) is 14.2 Å². The molecule has 1 amide bonds. The number of aryl methyl sites for hydroxylation is 1. The van der Waals surface area contributed by atoms with E-state index in [0.717, 1.165) is 16.9 Å². The van der Waals surface area contributed by atoms with Gasteiger partial charge in [0.1, 0.15) is 5.75 Å². The zero-order valence-corrected chi connectivity index (χ0v) is 17.1. The number of methoxy groups -OCH3 is 1. The predicted molar refractivity (Wildman–Crippen MR) is 106 cm³/mol. The Bertz CT molecular complexity index is 922. The molecule has 0 aromatic heterocycles. The van der Waals surface area contributed by atoms with Gasteiger partial charge in [0.15, 0.2) is 0 Å². The van der Waals surface area contributed by atoms with E-state index >= 15 is 0 Å². The SMILES string of the molecule is CCC(NC(=O)c1cc(C)c(C)c(S(=O)(=O)NC)c1)c1ccc(OC)cc1. The van der Waals surface area contributed by atoms with Crippen LogP contribution < -0.4 is 14.8 Å². The predicted octanol–water partition coefficient (Wildman–Crippen LogP) is 3.10. The second-order valence-electron chi connectivity index (χ2n) is 6.33. The maximum Gasteiger partial charge on any atom is 0.251 e. The van der Waals surface area contributed by atoms with E-state index in [4.69, 9.17) is 4.74 Å². The summed E-state index contributed by atoms with van der Waals surface area (Å²) >= 11 is 0. The summed E-state index contributed by atoms with van der Waals surface area (Å²) in [4.78, 5) is 12.9. The van der Waals surface area contributed by atoms with E-state index in [2.05, 4.69) is 10.0 Å². The van der Waals surface area contributed by atoms with Crippen LogP contribution in [0.25, 0.3) is 0 Å². The van der Waals surface area contributed by atoms with Crippen molar-refractivity contribution in [1.82, 2.24) is 10.0 Å². The van der Waals surface area contributed by atoms with E-state index < -0.39 is 10.0 Å². The monoisotopic (exact) mass is 390 g/mol. The van der Waals surface area contributed by atoms with Gasteiger partial charge in [0.05, 0.1) is 18.0 Å². The highest BCUT2D eigenvalue weighted by Gasteiger charge is 2.21. The summed E-state index contributed by atoms with van der Waals surface area (Å²) in [6, 6.07) is 10.4. The molecule has 146 valence electrons. The van der Waals surface area contributed by atoms with Gasteiger partial charge in [0.25, 0.3) is 5.91 Å². The molecule has 27 heavy (non-hydrogen) atoms. The molecule has 7 heteroatoms. The largest absolute Gasteiger partial charge is 0.497 e. The van der Waals surface area contributed by atoms with Crippen molar-refractivity contribution in [3.8, 4) is 5.75 Å². The molecule has 2 N–H and O–H groups in total. The highest BCUT2D eigenvalue weighted by molar-refractivity contribution is 7.89. The summed E-state index contributed by atoms with van der Waals surface area (Å²) in [7, 11) is -0.689. The van der Waals surface area contributed by atoms with Crippen LogP contribution in [0.1, 0.15) is 46.4 Å². The average Bonchev–Trinajstić information content (AvgIpc) is 2.67. The van der Waals surface area contributed by atoms with Gasteiger partial charge in [0, 0.05) is 5.56 Å². The number of hydrogen-bond acceptors (Lipinski definition) is 4. The average molecular weight is 391 g/mol. The normalized spacial score (nSPS) is 12.5. The topological polar surface area (TPSA) is 84.5 Å². The molecular weight excluding hydrogens is 364 g/mol. The van der Waals surface area contributed by atoms with Gasteiger partial charge in [-0.15, -0.1) is 0 Å². The minimum absolute atomic E-state index is 0.118. The Balaban J connectivity index is 2.33. The Kier molecular flexibility index (Phi) is 6.62. The lowest BCUT2D eigenvalue weighted by Crippen LogP contribution is -2.29. The Hall–Kier alpha value is -2.38. The van der Waals surface area contributed by atoms with Crippen molar-refractivity contribution in [2.45, 2.75) is 38.1 Å². The molecule has 0 radical (unpaired) electrons. The molecule has 1 unspecified atom stereocenters. The molecule has 0 saturated carbocycles. The Morgan fingerprint density at radius 1 is 1.15 bits per heavy atom. The van der Waals surface area contributed by atoms with Crippen LogP contribution in [0.2, 0.25) is 0 Å². The van der Waals surface area contributed by atoms with Crippen LogP contribution in [0.5, 0.6) is 5.75 Å². The number of rotatable bonds is 7. The number of ether oxygens (including phenoxy) is 1. The molecule has 0 saturated heterocycles. The maximum absolute atomic E-state index is 12.8. The lowest BCUT2D eigenvalue weighted by atomic mass is 10.0. The smallest absolute Gasteiger partial charge is 0.251 e. The van der Waals surface area contributed by atoms with Crippen LogP contribution in [-0.4, -0.2) is 28.5 Å². The number of hydrogen-bond donors (Lipinski definition) is 2. The lowest BCUT2D eigenvalue weighted by molar-refractivity contribution is 0.0935.